The number of amides is 3. The van der Waals surface area contributed by atoms with Crippen LogP contribution in [0.5, 0.6) is 0 Å². The highest BCUT2D eigenvalue weighted by atomic mass is 16.2. The topological polar surface area (TPSA) is 87.3 Å². The van der Waals surface area contributed by atoms with E-state index >= 15 is 0 Å². The first-order chi connectivity index (χ1) is 20.0. The van der Waals surface area contributed by atoms with Crippen LogP contribution < -0.4 is 16.0 Å². The van der Waals surface area contributed by atoms with Crippen LogP contribution in [-0.2, 0) is 14.4 Å². The molecule has 0 unspecified atom stereocenters. The van der Waals surface area contributed by atoms with E-state index in [-0.39, 0.29) is 35.5 Å². The van der Waals surface area contributed by atoms with Crippen molar-refractivity contribution in [2.45, 2.75) is 119 Å². The number of benzene rings is 1. The van der Waals surface area contributed by atoms with Gasteiger partial charge in [-0.05, 0) is 131 Å². The second-order valence-corrected chi connectivity index (χ2v) is 14.8. The summed E-state index contributed by atoms with van der Waals surface area (Å²) in [5.41, 5.74) is 1.89. The van der Waals surface area contributed by atoms with Crippen LogP contribution in [0.3, 0.4) is 0 Å². The predicted molar refractivity (Wildman–Crippen MR) is 173 cm³/mol. The molecule has 1 aromatic rings. The summed E-state index contributed by atoms with van der Waals surface area (Å²) < 4.78 is 0. The van der Waals surface area contributed by atoms with E-state index < -0.39 is 0 Å². The zero-order chi connectivity index (χ0) is 30.4. The van der Waals surface area contributed by atoms with Crippen molar-refractivity contribution in [3.8, 4) is 0 Å². The number of carbonyl (C=O) groups is 3. The van der Waals surface area contributed by atoms with Crippen molar-refractivity contribution in [1.82, 2.24) is 0 Å². The van der Waals surface area contributed by atoms with E-state index in [2.05, 4.69) is 57.5 Å². The van der Waals surface area contributed by atoms with Crippen molar-refractivity contribution in [2.24, 2.45) is 53.3 Å². The molecule has 6 nitrogen and oxygen atoms in total. The van der Waals surface area contributed by atoms with Gasteiger partial charge in [-0.2, -0.15) is 0 Å². The third-order valence-electron chi connectivity index (χ3n) is 11.0. The molecule has 0 atom stereocenters. The molecule has 42 heavy (non-hydrogen) atoms. The van der Waals surface area contributed by atoms with Crippen molar-refractivity contribution >= 4 is 34.8 Å². The Balaban J connectivity index is 1.44. The van der Waals surface area contributed by atoms with Gasteiger partial charge in [0.05, 0.1) is 0 Å². The highest BCUT2D eigenvalue weighted by Crippen LogP contribution is 2.37. The number of nitrogens with one attached hydrogen (secondary N) is 3. The van der Waals surface area contributed by atoms with Gasteiger partial charge in [0.25, 0.3) is 0 Å². The minimum atomic E-state index is 0.00331. The predicted octanol–water partition coefficient (Wildman–Crippen LogP) is 8.89. The van der Waals surface area contributed by atoms with Crippen molar-refractivity contribution < 1.29 is 14.4 Å². The molecule has 0 radical (unpaired) electrons. The molecule has 3 fully saturated rings. The summed E-state index contributed by atoms with van der Waals surface area (Å²) in [7, 11) is 0. The molecule has 6 heteroatoms. The molecule has 1 aromatic carbocycles. The van der Waals surface area contributed by atoms with Gasteiger partial charge in [0.1, 0.15) is 0 Å². The van der Waals surface area contributed by atoms with Gasteiger partial charge in [-0.1, -0.05) is 41.5 Å². The van der Waals surface area contributed by atoms with Crippen LogP contribution in [0.4, 0.5) is 17.1 Å². The molecule has 0 aromatic heterocycles. The third-order valence-corrected chi connectivity index (χ3v) is 11.0. The summed E-state index contributed by atoms with van der Waals surface area (Å²) in [6.07, 6.45) is 12.0. The highest BCUT2D eigenvalue weighted by Gasteiger charge is 2.30. The highest BCUT2D eigenvalue weighted by molar-refractivity contribution is 5.99. The minimum absolute atomic E-state index is 0.00331. The first-order valence-corrected chi connectivity index (χ1v) is 17.1. The lowest BCUT2D eigenvalue weighted by molar-refractivity contribution is -0.121. The van der Waals surface area contributed by atoms with Gasteiger partial charge in [-0.25, -0.2) is 0 Å². The Labute approximate surface area is 254 Å². The summed E-state index contributed by atoms with van der Waals surface area (Å²) in [5, 5.41) is 9.41. The number of hydrogen-bond acceptors (Lipinski definition) is 3. The molecule has 0 spiro atoms. The standard InChI is InChI=1S/C36H57N3O3/c1-22(2)25-7-13-28(14-8-25)34(40)37-31-19-32(38-35(41)29-15-9-26(10-16-29)23(3)4)21-33(20-31)39-36(42)30-17-11-27(12-18-30)24(5)6/h19-30H,7-18H2,1-6H3,(H,37,40)(H,38,41)(H,39,42)/t25-,26?,27?,28+,29?,30?. The average molecular weight is 580 g/mol. The maximum absolute atomic E-state index is 13.3. The molecule has 3 aliphatic carbocycles. The van der Waals surface area contributed by atoms with Crippen LogP contribution >= 0.6 is 0 Å². The van der Waals surface area contributed by atoms with Crippen LogP contribution in [0.2, 0.25) is 0 Å². The number of anilines is 3. The first kappa shape index (κ1) is 32.5. The minimum Gasteiger partial charge on any atom is -0.326 e. The molecular weight excluding hydrogens is 522 g/mol. The molecular formula is C36H57N3O3. The monoisotopic (exact) mass is 579 g/mol. The van der Waals surface area contributed by atoms with E-state index in [9.17, 15) is 14.4 Å². The quantitative estimate of drug-likeness (QED) is 0.273. The van der Waals surface area contributed by atoms with Crippen LogP contribution in [-0.4, -0.2) is 17.7 Å². The summed E-state index contributed by atoms with van der Waals surface area (Å²) in [4.78, 5) is 39.9. The van der Waals surface area contributed by atoms with Crippen LogP contribution in [0.25, 0.3) is 0 Å². The van der Waals surface area contributed by atoms with E-state index in [1.165, 1.54) is 0 Å². The molecule has 4 rings (SSSR count). The Hall–Kier alpha value is -2.37. The molecule has 234 valence electrons. The van der Waals surface area contributed by atoms with Gasteiger partial charge in [-0.3, -0.25) is 14.4 Å². The van der Waals surface area contributed by atoms with Crippen LogP contribution in [0, 0.1) is 53.3 Å². The molecule has 3 saturated carbocycles. The van der Waals surface area contributed by atoms with Gasteiger partial charge in [0.15, 0.2) is 0 Å². The number of rotatable bonds is 9. The molecule has 3 N–H and O–H groups in total. The SMILES string of the molecule is CC(C)C1CCC(C(=O)Nc2cc(NC(=O)C3CCC(C(C)C)CC3)cc(NC(=O)[C@H]3CC[C@@H](C(C)C)CC3)c2)CC1. The number of carbonyl (C=O) groups excluding carboxylic acids is 3. The zero-order valence-electron chi connectivity index (χ0n) is 27.1. The maximum atomic E-state index is 13.3. The third kappa shape index (κ3) is 8.83. The van der Waals surface area contributed by atoms with E-state index in [1.807, 2.05) is 18.2 Å². The lowest BCUT2D eigenvalue weighted by Crippen LogP contribution is -2.30. The molecule has 0 bridgehead atoms. The maximum Gasteiger partial charge on any atom is 0.227 e. The second-order valence-electron chi connectivity index (χ2n) is 14.8. The fraction of sp³-hybridized carbons (Fsp3) is 0.750. The Bertz CT molecular complexity index is 911. The van der Waals surface area contributed by atoms with Gasteiger partial charge < -0.3 is 16.0 Å². The second kappa shape index (κ2) is 14.9. The zero-order valence-corrected chi connectivity index (χ0v) is 27.1. The average Bonchev–Trinajstić information content (AvgIpc) is 2.97. The lowest BCUT2D eigenvalue weighted by Gasteiger charge is -2.31. The van der Waals surface area contributed by atoms with Crippen LogP contribution in [0.15, 0.2) is 18.2 Å². The first-order valence-electron chi connectivity index (χ1n) is 17.1. The summed E-state index contributed by atoms with van der Waals surface area (Å²) in [5.74, 6) is 4.17. The van der Waals surface area contributed by atoms with E-state index in [0.717, 1.165) is 77.0 Å². The smallest absolute Gasteiger partial charge is 0.227 e. The lowest BCUT2D eigenvalue weighted by atomic mass is 9.76. The van der Waals surface area contributed by atoms with Gasteiger partial charge >= 0.3 is 0 Å². The van der Waals surface area contributed by atoms with Crippen molar-refractivity contribution in [1.29, 1.82) is 0 Å². The van der Waals surface area contributed by atoms with Crippen LogP contribution in [0.1, 0.15) is 119 Å². The van der Waals surface area contributed by atoms with Crippen molar-refractivity contribution in [3.63, 3.8) is 0 Å². The number of hydrogen-bond donors (Lipinski definition) is 3. The van der Waals surface area contributed by atoms with Gasteiger partial charge in [-0.15, -0.1) is 0 Å². The van der Waals surface area contributed by atoms with Gasteiger partial charge in [0.2, 0.25) is 17.7 Å². The fourth-order valence-corrected chi connectivity index (χ4v) is 7.72. The Morgan fingerprint density at radius 2 is 0.667 bits per heavy atom. The molecule has 3 amide bonds. The van der Waals surface area contributed by atoms with E-state index in [4.69, 9.17) is 0 Å². The fourth-order valence-electron chi connectivity index (χ4n) is 7.72. The molecule has 3 aliphatic rings. The molecule has 0 saturated heterocycles. The molecule has 0 aliphatic heterocycles. The Morgan fingerprint density at radius 1 is 0.452 bits per heavy atom. The Morgan fingerprint density at radius 3 is 0.857 bits per heavy atom. The summed E-state index contributed by atoms with van der Waals surface area (Å²) in [6.45, 7) is 13.6. The van der Waals surface area contributed by atoms with Crippen molar-refractivity contribution in [3.05, 3.63) is 18.2 Å². The van der Waals surface area contributed by atoms with Gasteiger partial charge in [0, 0.05) is 34.8 Å². The van der Waals surface area contributed by atoms with Crippen molar-refractivity contribution in [2.75, 3.05) is 16.0 Å². The molecule has 0 heterocycles. The van der Waals surface area contributed by atoms with E-state index in [0.29, 0.717) is 52.6 Å². The largest absolute Gasteiger partial charge is 0.326 e. The van der Waals surface area contributed by atoms with E-state index in [1.54, 1.807) is 0 Å². The Kier molecular flexibility index (Phi) is 11.5. The summed E-state index contributed by atoms with van der Waals surface area (Å²) in [6, 6.07) is 5.54. The normalized spacial score (nSPS) is 28.5. The summed E-state index contributed by atoms with van der Waals surface area (Å²) >= 11 is 0.